The van der Waals surface area contributed by atoms with Gasteiger partial charge in [0.15, 0.2) is 0 Å². The van der Waals surface area contributed by atoms with Gasteiger partial charge in [-0.25, -0.2) is 0 Å². The van der Waals surface area contributed by atoms with Crippen LogP contribution in [0.3, 0.4) is 0 Å². The molecule has 1 rings (SSSR count). The van der Waals surface area contributed by atoms with Crippen LogP contribution in [0.2, 0.25) is 5.02 Å². The molecule has 20 heavy (non-hydrogen) atoms. The van der Waals surface area contributed by atoms with Crippen LogP contribution < -0.4 is 5.32 Å². The van der Waals surface area contributed by atoms with Gasteiger partial charge in [0.1, 0.15) is 5.02 Å². The van der Waals surface area contributed by atoms with Crippen molar-refractivity contribution in [2.75, 3.05) is 31.5 Å². The third kappa shape index (κ3) is 4.65. The highest BCUT2D eigenvalue weighted by Crippen LogP contribution is 2.30. The van der Waals surface area contributed by atoms with Crippen LogP contribution in [0.4, 0.5) is 11.4 Å². The molecule has 0 aromatic heterocycles. The quantitative estimate of drug-likeness (QED) is 0.587. The van der Waals surface area contributed by atoms with Crippen LogP contribution in [0.15, 0.2) is 12.1 Å². The topological polar surface area (TPSA) is 58.4 Å². The van der Waals surface area contributed by atoms with Gasteiger partial charge in [-0.05, 0) is 38.1 Å². The fourth-order valence-electron chi connectivity index (χ4n) is 2.09. The Bertz CT molecular complexity index is 466. The van der Waals surface area contributed by atoms with Crippen molar-refractivity contribution in [2.45, 2.75) is 27.2 Å². The molecule has 0 atom stereocenters. The Balaban J connectivity index is 2.65. The van der Waals surface area contributed by atoms with Gasteiger partial charge in [0.05, 0.1) is 4.92 Å². The molecule has 0 aliphatic carbocycles. The van der Waals surface area contributed by atoms with Crippen LogP contribution in [-0.4, -0.2) is 36.0 Å². The van der Waals surface area contributed by atoms with E-state index in [9.17, 15) is 10.1 Å². The summed E-state index contributed by atoms with van der Waals surface area (Å²) in [6.07, 6.45) is 1.14. The summed E-state index contributed by atoms with van der Waals surface area (Å²) < 4.78 is 0. The van der Waals surface area contributed by atoms with Crippen molar-refractivity contribution in [2.24, 2.45) is 0 Å². The predicted molar refractivity (Wildman–Crippen MR) is 83.7 cm³/mol. The Morgan fingerprint density at radius 2 is 2.05 bits per heavy atom. The first-order valence-corrected chi connectivity index (χ1v) is 7.28. The minimum absolute atomic E-state index is 0.0455. The molecule has 0 amide bonds. The zero-order valence-electron chi connectivity index (χ0n) is 12.3. The average Bonchev–Trinajstić information content (AvgIpc) is 2.40. The number of likely N-dealkylation sites (N-methyl/N-ethyl adjacent to an activating group) is 1. The second-order valence-corrected chi connectivity index (χ2v) is 5.14. The van der Waals surface area contributed by atoms with Crippen molar-refractivity contribution in [3.05, 3.63) is 32.8 Å². The number of nitro groups is 1. The largest absolute Gasteiger partial charge is 0.383 e. The first kappa shape index (κ1) is 16.7. The molecule has 1 N–H and O–H groups in total. The zero-order valence-corrected chi connectivity index (χ0v) is 13.0. The molecular weight excluding hydrogens is 278 g/mol. The molecule has 1 aromatic carbocycles. The molecule has 0 unspecified atom stereocenters. The Morgan fingerprint density at radius 3 is 2.60 bits per heavy atom. The van der Waals surface area contributed by atoms with Gasteiger partial charge in [-0.15, -0.1) is 0 Å². The lowest BCUT2D eigenvalue weighted by Gasteiger charge is -2.20. The van der Waals surface area contributed by atoms with Gasteiger partial charge in [-0.3, -0.25) is 10.1 Å². The summed E-state index contributed by atoms with van der Waals surface area (Å²) in [5, 5.41) is 14.3. The van der Waals surface area contributed by atoms with E-state index in [1.165, 1.54) is 6.07 Å². The lowest BCUT2D eigenvalue weighted by Crippen LogP contribution is -2.29. The molecule has 1 aromatic rings. The molecule has 6 heteroatoms. The molecule has 0 spiro atoms. The summed E-state index contributed by atoms with van der Waals surface area (Å²) >= 11 is 5.92. The zero-order chi connectivity index (χ0) is 15.1. The highest BCUT2D eigenvalue weighted by Gasteiger charge is 2.14. The fraction of sp³-hybridized carbons (Fsp3) is 0.571. The third-order valence-electron chi connectivity index (χ3n) is 3.22. The van der Waals surface area contributed by atoms with Gasteiger partial charge >= 0.3 is 0 Å². The first-order chi connectivity index (χ1) is 9.49. The van der Waals surface area contributed by atoms with Crippen LogP contribution in [-0.2, 0) is 0 Å². The van der Waals surface area contributed by atoms with E-state index >= 15 is 0 Å². The molecule has 112 valence electrons. The number of rotatable bonds is 8. The van der Waals surface area contributed by atoms with Crippen LogP contribution in [0.1, 0.15) is 25.8 Å². The van der Waals surface area contributed by atoms with Gasteiger partial charge in [-0.2, -0.15) is 0 Å². The normalized spacial score (nSPS) is 10.8. The highest BCUT2D eigenvalue weighted by atomic mass is 35.5. The highest BCUT2D eigenvalue weighted by molar-refractivity contribution is 6.33. The van der Waals surface area contributed by atoms with Gasteiger partial charge in [0.25, 0.3) is 5.69 Å². The van der Waals surface area contributed by atoms with Crippen molar-refractivity contribution in [1.82, 2.24) is 4.90 Å². The minimum Gasteiger partial charge on any atom is -0.383 e. The monoisotopic (exact) mass is 299 g/mol. The van der Waals surface area contributed by atoms with E-state index in [1.54, 1.807) is 6.07 Å². The van der Waals surface area contributed by atoms with Crippen molar-refractivity contribution in [3.8, 4) is 0 Å². The SMILES string of the molecule is CCCN(CC)CCNc1cc(Cl)c([N+](=O)[O-])cc1C. The molecule has 0 saturated carbocycles. The number of benzene rings is 1. The molecule has 0 aliphatic heterocycles. The maximum Gasteiger partial charge on any atom is 0.288 e. The van der Waals surface area contributed by atoms with Crippen molar-refractivity contribution in [1.29, 1.82) is 0 Å². The maximum absolute atomic E-state index is 10.8. The van der Waals surface area contributed by atoms with Crippen LogP contribution in [0.25, 0.3) is 0 Å². The Hall–Kier alpha value is -1.33. The second-order valence-electron chi connectivity index (χ2n) is 4.74. The molecule has 0 heterocycles. The van der Waals surface area contributed by atoms with E-state index in [0.29, 0.717) is 0 Å². The summed E-state index contributed by atoms with van der Waals surface area (Å²) in [5.41, 5.74) is 1.64. The second kappa shape index (κ2) is 8.07. The number of nitrogens with zero attached hydrogens (tertiary/aromatic N) is 2. The Morgan fingerprint density at radius 1 is 1.35 bits per heavy atom. The van der Waals surface area contributed by atoms with Gasteiger partial charge in [0.2, 0.25) is 0 Å². The first-order valence-electron chi connectivity index (χ1n) is 6.90. The van der Waals surface area contributed by atoms with E-state index in [4.69, 9.17) is 11.6 Å². The third-order valence-corrected chi connectivity index (χ3v) is 3.52. The van der Waals surface area contributed by atoms with Gasteiger partial charge < -0.3 is 10.2 Å². The van der Waals surface area contributed by atoms with Crippen LogP contribution >= 0.6 is 11.6 Å². The summed E-state index contributed by atoms with van der Waals surface area (Å²) in [6, 6.07) is 3.14. The summed E-state index contributed by atoms with van der Waals surface area (Å²) in [4.78, 5) is 12.7. The lowest BCUT2D eigenvalue weighted by molar-refractivity contribution is -0.384. The van der Waals surface area contributed by atoms with Gasteiger partial charge in [0, 0.05) is 24.8 Å². The number of aryl methyl sites for hydroxylation is 1. The van der Waals surface area contributed by atoms with E-state index in [2.05, 4.69) is 24.1 Å². The molecule has 0 radical (unpaired) electrons. The van der Waals surface area contributed by atoms with Crippen molar-refractivity contribution < 1.29 is 4.92 Å². The Kier molecular flexibility index (Phi) is 6.75. The van der Waals surface area contributed by atoms with Gasteiger partial charge in [-0.1, -0.05) is 25.4 Å². The van der Waals surface area contributed by atoms with E-state index in [-0.39, 0.29) is 10.7 Å². The van der Waals surface area contributed by atoms with E-state index in [1.807, 2.05) is 6.92 Å². The summed E-state index contributed by atoms with van der Waals surface area (Å²) in [7, 11) is 0. The number of nitro benzene ring substituents is 1. The molecule has 0 saturated heterocycles. The predicted octanol–water partition coefficient (Wildman–Crippen LogP) is 3.70. The van der Waals surface area contributed by atoms with E-state index in [0.717, 1.165) is 43.9 Å². The number of halogens is 1. The number of hydrogen-bond acceptors (Lipinski definition) is 4. The molecule has 0 fully saturated rings. The summed E-state index contributed by atoms with van der Waals surface area (Å²) in [6.45, 7) is 9.99. The van der Waals surface area contributed by atoms with E-state index < -0.39 is 4.92 Å². The maximum atomic E-state index is 10.8. The molecule has 5 nitrogen and oxygen atoms in total. The van der Waals surface area contributed by atoms with Crippen molar-refractivity contribution in [3.63, 3.8) is 0 Å². The standard InChI is InChI=1S/C14H22ClN3O2/c1-4-7-17(5-2)8-6-16-13-10-12(15)14(18(19)20)9-11(13)3/h9-10,16H,4-8H2,1-3H3. The van der Waals surface area contributed by atoms with Crippen LogP contribution in [0.5, 0.6) is 0 Å². The van der Waals surface area contributed by atoms with Crippen molar-refractivity contribution >= 4 is 23.0 Å². The Labute approximate surface area is 125 Å². The number of hydrogen-bond donors (Lipinski definition) is 1. The number of anilines is 1. The fourth-order valence-corrected chi connectivity index (χ4v) is 2.32. The molecule has 0 bridgehead atoms. The lowest BCUT2D eigenvalue weighted by atomic mass is 10.1. The smallest absolute Gasteiger partial charge is 0.288 e. The summed E-state index contributed by atoms with van der Waals surface area (Å²) in [5.74, 6) is 0. The molecule has 0 aliphatic rings. The molecular formula is C14H22ClN3O2. The number of nitrogens with one attached hydrogen (secondary N) is 1. The average molecular weight is 300 g/mol. The minimum atomic E-state index is -0.459. The van der Waals surface area contributed by atoms with Crippen LogP contribution in [0, 0.1) is 17.0 Å².